The Hall–Kier alpha value is -1.34. The summed E-state index contributed by atoms with van der Waals surface area (Å²) in [5.74, 6) is -0.0981. The van der Waals surface area contributed by atoms with Gasteiger partial charge in [0.25, 0.3) is 5.91 Å². The Kier molecular flexibility index (Phi) is 5.86. The smallest absolute Gasteiger partial charge is 0.270 e. The molecule has 0 aromatic carbocycles. The van der Waals surface area contributed by atoms with E-state index in [4.69, 9.17) is 0 Å². The molecule has 0 saturated carbocycles. The normalized spacial score (nSPS) is 16.0. The lowest BCUT2D eigenvalue weighted by Gasteiger charge is -2.21. The number of aromatic nitrogens is 1. The first-order chi connectivity index (χ1) is 10.9. The van der Waals surface area contributed by atoms with Crippen molar-refractivity contribution < 1.29 is 13.2 Å². The number of carbonyl (C=O) groups is 1. The van der Waals surface area contributed by atoms with Crippen molar-refractivity contribution in [3.63, 3.8) is 0 Å². The average Bonchev–Trinajstić information content (AvgIpc) is 3.16. The molecular formula is C16H27N3O3S. The Balaban J connectivity index is 2.28. The molecule has 1 aliphatic rings. The minimum atomic E-state index is -3.48. The molecule has 1 fully saturated rings. The molecule has 130 valence electrons. The van der Waals surface area contributed by atoms with Gasteiger partial charge in [0, 0.05) is 39.4 Å². The number of carbonyl (C=O) groups excluding carboxylic acids is 1. The van der Waals surface area contributed by atoms with E-state index in [2.05, 4.69) is 0 Å². The monoisotopic (exact) mass is 341 g/mol. The first-order valence-corrected chi connectivity index (χ1v) is 9.81. The maximum Gasteiger partial charge on any atom is 0.270 e. The van der Waals surface area contributed by atoms with Crippen LogP contribution in [0.2, 0.25) is 0 Å². The minimum absolute atomic E-state index is 0.0981. The predicted molar refractivity (Wildman–Crippen MR) is 89.9 cm³/mol. The van der Waals surface area contributed by atoms with Gasteiger partial charge in [0.2, 0.25) is 10.0 Å². The van der Waals surface area contributed by atoms with Crippen molar-refractivity contribution in [2.24, 2.45) is 7.05 Å². The lowest BCUT2D eigenvalue weighted by atomic mass is 10.3. The second-order valence-electron chi connectivity index (χ2n) is 6.08. The molecule has 0 atom stereocenters. The lowest BCUT2D eigenvalue weighted by Crippen LogP contribution is -2.33. The van der Waals surface area contributed by atoms with Crippen LogP contribution in [0.1, 0.15) is 50.0 Å². The largest absolute Gasteiger partial charge is 0.345 e. The Bertz CT molecular complexity index is 640. The SMILES string of the molecule is CCCN(CCC)C(=O)c1cc(S(=O)(=O)N2CCCC2)cn1C. The highest BCUT2D eigenvalue weighted by molar-refractivity contribution is 7.89. The van der Waals surface area contributed by atoms with Crippen LogP contribution in [0, 0.1) is 0 Å². The first-order valence-electron chi connectivity index (χ1n) is 8.37. The fraction of sp³-hybridized carbons (Fsp3) is 0.688. The van der Waals surface area contributed by atoms with Crippen LogP contribution in [-0.2, 0) is 17.1 Å². The van der Waals surface area contributed by atoms with Gasteiger partial charge in [-0.1, -0.05) is 13.8 Å². The number of hydrogen-bond acceptors (Lipinski definition) is 3. The van der Waals surface area contributed by atoms with Crippen LogP contribution in [0.5, 0.6) is 0 Å². The fourth-order valence-electron chi connectivity index (χ4n) is 2.98. The van der Waals surface area contributed by atoms with Gasteiger partial charge in [-0.2, -0.15) is 4.31 Å². The van der Waals surface area contributed by atoms with E-state index < -0.39 is 10.0 Å². The van der Waals surface area contributed by atoms with Crippen molar-refractivity contribution in [3.05, 3.63) is 18.0 Å². The number of sulfonamides is 1. The number of hydrogen-bond donors (Lipinski definition) is 0. The summed E-state index contributed by atoms with van der Waals surface area (Å²) in [5.41, 5.74) is 0.435. The van der Waals surface area contributed by atoms with Gasteiger partial charge in [-0.15, -0.1) is 0 Å². The molecule has 0 aliphatic carbocycles. The van der Waals surface area contributed by atoms with Crippen LogP contribution in [-0.4, -0.2) is 54.3 Å². The highest BCUT2D eigenvalue weighted by Gasteiger charge is 2.30. The highest BCUT2D eigenvalue weighted by Crippen LogP contribution is 2.23. The van der Waals surface area contributed by atoms with Crippen molar-refractivity contribution in [1.82, 2.24) is 13.8 Å². The second-order valence-corrected chi connectivity index (χ2v) is 8.01. The summed E-state index contributed by atoms with van der Waals surface area (Å²) in [6, 6.07) is 1.52. The summed E-state index contributed by atoms with van der Waals surface area (Å²) in [7, 11) is -1.75. The molecule has 0 bridgehead atoms. The predicted octanol–water partition coefficient (Wildman–Crippen LogP) is 2.07. The van der Waals surface area contributed by atoms with Crippen molar-refractivity contribution in [2.75, 3.05) is 26.2 Å². The zero-order valence-corrected chi connectivity index (χ0v) is 15.1. The molecule has 1 aromatic rings. The second kappa shape index (κ2) is 7.49. The molecule has 0 N–H and O–H groups in total. The molecule has 2 rings (SSSR count). The van der Waals surface area contributed by atoms with Crippen molar-refractivity contribution >= 4 is 15.9 Å². The van der Waals surface area contributed by atoms with Crippen LogP contribution in [0.15, 0.2) is 17.2 Å². The molecule has 1 amide bonds. The van der Waals surface area contributed by atoms with E-state index in [0.29, 0.717) is 31.9 Å². The third-order valence-corrected chi connectivity index (χ3v) is 6.04. The van der Waals surface area contributed by atoms with Crippen molar-refractivity contribution in [1.29, 1.82) is 0 Å². The van der Waals surface area contributed by atoms with Gasteiger partial charge in [-0.05, 0) is 31.7 Å². The molecule has 0 radical (unpaired) electrons. The van der Waals surface area contributed by atoms with E-state index in [0.717, 1.165) is 25.7 Å². The average molecular weight is 341 g/mol. The van der Waals surface area contributed by atoms with Gasteiger partial charge < -0.3 is 9.47 Å². The summed E-state index contributed by atoms with van der Waals surface area (Å²) < 4.78 is 28.4. The van der Waals surface area contributed by atoms with Gasteiger partial charge in [-0.25, -0.2) is 8.42 Å². The van der Waals surface area contributed by atoms with Gasteiger partial charge in [0.1, 0.15) is 10.6 Å². The van der Waals surface area contributed by atoms with E-state index in [1.54, 1.807) is 22.7 Å². The lowest BCUT2D eigenvalue weighted by molar-refractivity contribution is 0.0746. The molecule has 1 saturated heterocycles. The van der Waals surface area contributed by atoms with E-state index in [9.17, 15) is 13.2 Å². The molecule has 1 aliphatic heterocycles. The quantitative estimate of drug-likeness (QED) is 0.763. The Labute approximate surface area is 139 Å². The van der Waals surface area contributed by atoms with E-state index in [1.807, 2.05) is 13.8 Å². The molecule has 7 heteroatoms. The van der Waals surface area contributed by atoms with Gasteiger partial charge in [0.05, 0.1) is 0 Å². The summed E-state index contributed by atoms with van der Waals surface area (Å²) in [6.07, 6.45) is 5.12. The summed E-state index contributed by atoms with van der Waals surface area (Å²) in [5, 5.41) is 0. The molecule has 23 heavy (non-hydrogen) atoms. The summed E-state index contributed by atoms with van der Waals surface area (Å²) >= 11 is 0. The van der Waals surface area contributed by atoms with Gasteiger partial charge in [0.15, 0.2) is 0 Å². The first kappa shape index (κ1) is 18.0. The summed E-state index contributed by atoms with van der Waals surface area (Å²) in [4.78, 5) is 14.7. The Morgan fingerprint density at radius 1 is 1.17 bits per heavy atom. The molecule has 2 heterocycles. The number of rotatable bonds is 7. The third-order valence-electron chi connectivity index (χ3n) is 4.18. The molecular weight excluding hydrogens is 314 g/mol. The topological polar surface area (TPSA) is 62.6 Å². The zero-order valence-electron chi connectivity index (χ0n) is 14.3. The maximum absolute atomic E-state index is 12.7. The number of amides is 1. The zero-order chi connectivity index (χ0) is 17.0. The van der Waals surface area contributed by atoms with Crippen LogP contribution < -0.4 is 0 Å². The molecule has 0 unspecified atom stereocenters. The van der Waals surface area contributed by atoms with Crippen LogP contribution in [0.3, 0.4) is 0 Å². The summed E-state index contributed by atoms with van der Waals surface area (Å²) in [6.45, 7) is 6.57. The van der Waals surface area contributed by atoms with E-state index >= 15 is 0 Å². The molecule has 6 nitrogen and oxygen atoms in total. The molecule has 0 spiro atoms. The fourth-order valence-corrected chi connectivity index (χ4v) is 4.57. The minimum Gasteiger partial charge on any atom is -0.345 e. The van der Waals surface area contributed by atoms with E-state index in [-0.39, 0.29) is 10.8 Å². The van der Waals surface area contributed by atoms with Crippen LogP contribution >= 0.6 is 0 Å². The Morgan fingerprint density at radius 3 is 2.26 bits per heavy atom. The Morgan fingerprint density at radius 2 is 1.74 bits per heavy atom. The molecule has 1 aromatic heterocycles. The standard InChI is InChI=1S/C16H27N3O3S/c1-4-8-18(9-5-2)16(20)15-12-14(13-17(15)3)23(21,22)19-10-6-7-11-19/h12-13H,4-11H2,1-3H3. The maximum atomic E-state index is 12.7. The van der Waals surface area contributed by atoms with Crippen LogP contribution in [0.25, 0.3) is 0 Å². The van der Waals surface area contributed by atoms with Crippen molar-refractivity contribution in [2.45, 2.75) is 44.4 Å². The highest BCUT2D eigenvalue weighted by atomic mass is 32.2. The number of aryl methyl sites for hydroxylation is 1. The van der Waals surface area contributed by atoms with Crippen LogP contribution in [0.4, 0.5) is 0 Å². The van der Waals surface area contributed by atoms with E-state index in [1.165, 1.54) is 10.4 Å². The van der Waals surface area contributed by atoms with Gasteiger partial charge in [-0.3, -0.25) is 4.79 Å². The number of nitrogens with zero attached hydrogens (tertiary/aromatic N) is 3. The van der Waals surface area contributed by atoms with Gasteiger partial charge >= 0.3 is 0 Å². The van der Waals surface area contributed by atoms with Crippen molar-refractivity contribution in [3.8, 4) is 0 Å². The third kappa shape index (κ3) is 3.77.